The molecule has 2 saturated heterocycles. The van der Waals surface area contributed by atoms with Crippen LogP contribution < -0.4 is 4.74 Å². The van der Waals surface area contributed by atoms with Crippen LogP contribution in [0.25, 0.3) is 0 Å². The highest BCUT2D eigenvalue weighted by Gasteiger charge is 2.45. The van der Waals surface area contributed by atoms with Gasteiger partial charge in [0.25, 0.3) is 0 Å². The summed E-state index contributed by atoms with van der Waals surface area (Å²) in [4.78, 5) is 14.4. The molecule has 0 unspecified atom stereocenters. The highest BCUT2D eigenvalue weighted by atomic mass is 35.5. The van der Waals surface area contributed by atoms with Crippen molar-refractivity contribution in [1.29, 1.82) is 0 Å². The van der Waals surface area contributed by atoms with Gasteiger partial charge in [-0.1, -0.05) is 11.6 Å². The van der Waals surface area contributed by atoms with E-state index in [0.717, 1.165) is 23.6 Å². The minimum atomic E-state index is -4.05. The number of ether oxygens (including phenoxy) is 1. The Morgan fingerprint density at radius 2 is 1.96 bits per heavy atom. The molecular weight excluding hydrogens is 383 g/mol. The van der Waals surface area contributed by atoms with Crippen molar-refractivity contribution in [2.24, 2.45) is 0 Å². The molecule has 144 valence electrons. The Balaban J connectivity index is 1.89. The van der Waals surface area contributed by atoms with Crippen LogP contribution in [0.5, 0.6) is 5.75 Å². The zero-order valence-corrected chi connectivity index (χ0v) is 16.1. The van der Waals surface area contributed by atoms with Gasteiger partial charge in [-0.2, -0.15) is 4.31 Å². The summed E-state index contributed by atoms with van der Waals surface area (Å²) in [6.07, 6.45) is 1.35. The predicted octanol–water partition coefficient (Wildman–Crippen LogP) is 2.46. The van der Waals surface area contributed by atoms with E-state index in [9.17, 15) is 17.6 Å². The van der Waals surface area contributed by atoms with E-state index in [2.05, 4.69) is 0 Å². The van der Waals surface area contributed by atoms with Gasteiger partial charge in [0.1, 0.15) is 18.0 Å². The molecule has 0 aliphatic carbocycles. The maximum Gasteiger partial charge on any atom is 0.243 e. The Kier molecular flexibility index (Phi) is 5.74. The molecule has 0 bridgehead atoms. The van der Waals surface area contributed by atoms with Crippen molar-refractivity contribution in [2.45, 2.75) is 42.8 Å². The Hall–Kier alpha value is -1.38. The Bertz CT molecular complexity index is 783. The molecule has 0 radical (unpaired) electrons. The van der Waals surface area contributed by atoms with Crippen LogP contribution in [0.2, 0.25) is 5.02 Å². The van der Waals surface area contributed by atoms with Gasteiger partial charge in [-0.05, 0) is 37.5 Å². The van der Waals surface area contributed by atoms with Crippen LogP contribution in [0.3, 0.4) is 0 Å². The van der Waals surface area contributed by atoms with Gasteiger partial charge >= 0.3 is 0 Å². The largest absolute Gasteiger partial charge is 0.495 e. The second kappa shape index (κ2) is 7.70. The van der Waals surface area contributed by atoms with E-state index in [0.29, 0.717) is 18.8 Å². The first-order chi connectivity index (χ1) is 12.3. The average molecular weight is 405 g/mol. The first-order valence-electron chi connectivity index (χ1n) is 8.63. The van der Waals surface area contributed by atoms with Crippen molar-refractivity contribution in [3.05, 3.63) is 23.2 Å². The summed E-state index contributed by atoms with van der Waals surface area (Å²) in [5, 5.41) is 0.142. The standard InChI is InChI=1S/C17H22ClFN2O4S/c1-25-16-6-5-13(10-14(16)18)26(23,24)21-11-12(19)9-15(21)17(22)20-7-3-2-4-8-20/h5-6,10,12,15H,2-4,7-9,11H2,1H3/t12-,15-/m0/s1. The number of hydrogen-bond donors (Lipinski definition) is 0. The summed E-state index contributed by atoms with van der Waals surface area (Å²) in [5.74, 6) is 0.0318. The van der Waals surface area contributed by atoms with E-state index in [4.69, 9.17) is 16.3 Å². The fourth-order valence-corrected chi connectivity index (χ4v) is 5.48. The number of piperidine rings is 1. The quantitative estimate of drug-likeness (QED) is 0.773. The lowest BCUT2D eigenvalue weighted by Gasteiger charge is -2.32. The van der Waals surface area contributed by atoms with Gasteiger partial charge in [0, 0.05) is 26.1 Å². The zero-order valence-electron chi connectivity index (χ0n) is 14.5. The molecule has 1 amide bonds. The van der Waals surface area contributed by atoms with Gasteiger partial charge in [0.15, 0.2) is 0 Å². The van der Waals surface area contributed by atoms with E-state index in [1.807, 2.05) is 0 Å². The molecule has 2 aliphatic heterocycles. The maximum atomic E-state index is 14.1. The number of carbonyl (C=O) groups is 1. The molecule has 2 heterocycles. The molecule has 0 spiro atoms. The molecule has 0 aromatic heterocycles. The highest BCUT2D eigenvalue weighted by molar-refractivity contribution is 7.89. The Labute approximate surface area is 157 Å². The number of likely N-dealkylation sites (tertiary alicyclic amines) is 1. The number of benzene rings is 1. The summed E-state index contributed by atoms with van der Waals surface area (Å²) in [5.41, 5.74) is 0. The summed E-state index contributed by atoms with van der Waals surface area (Å²) < 4.78 is 46.1. The molecule has 6 nitrogen and oxygen atoms in total. The summed E-state index contributed by atoms with van der Waals surface area (Å²) in [7, 11) is -2.62. The molecule has 0 N–H and O–H groups in total. The lowest BCUT2D eigenvalue weighted by molar-refractivity contribution is -0.135. The van der Waals surface area contributed by atoms with Crippen molar-refractivity contribution in [1.82, 2.24) is 9.21 Å². The van der Waals surface area contributed by atoms with E-state index >= 15 is 0 Å². The van der Waals surface area contributed by atoms with Crippen molar-refractivity contribution in [3.8, 4) is 5.75 Å². The van der Waals surface area contributed by atoms with Crippen LogP contribution in [0.1, 0.15) is 25.7 Å². The van der Waals surface area contributed by atoms with E-state index < -0.39 is 22.2 Å². The van der Waals surface area contributed by atoms with Gasteiger partial charge in [-0.3, -0.25) is 4.79 Å². The lowest BCUT2D eigenvalue weighted by Crippen LogP contribution is -2.49. The van der Waals surface area contributed by atoms with Crippen LogP contribution in [-0.4, -0.2) is 62.5 Å². The molecule has 3 rings (SSSR count). The summed E-state index contributed by atoms with van der Waals surface area (Å²) in [6.45, 7) is 0.860. The molecule has 2 fully saturated rings. The second-order valence-corrected chi connectivity index (χ2v) is 8.90. The molecule has 26 heavy (non-hydrogen) atoms. The maximum absolute atomic E-state index is 14.1. The molecular formula is C17H22ClFN2O4S. The van der Waals surface area contributed by atoms with Crippen LogP contribution in [0.4, 0.5) is 4.39 Å². The normalized spacial score (nSPS) is 24.7. The smallest absolute Gasteiger partial charge is 0.243 e. The average Bonchev–Trinajstić information content (AvgIpc) is 3.04. The Morgan fingerprint density at radius 1 is 1.27 bits per heavy atom. The molecule has 1 aromatic rings. The van der Waals surface area contributed by atoms with Crippen LogP contribution >= 0.6 is 11.6 Å². The SMILES string of the molecule is COc1ccc(S(=O)(=O)N2C[C@@H](F)C[C@H]2C(=O)N2CCCCC2)cc1Cl. The number of hydrogen-bond acceptors (Lipinski definition) is 4. The van der Waals surface area contributed by atoms with Crippen LogP contribution in [0, 0.1) is 0 Å². The van der Waals surface area contributed by atoms with Crippen molar-refractivity contribution < 1.29 is 22.3 Å². The molecule has 0 saturated carbocycles. The van der Waals surface area contributed by atoms with Crippen molar-refractivity contribution in [3.63, 3.8) is 0 Å². The number of carbonyl (C=O) groups excluding carboxylic acids is 1. The third-order valence-electron chi connectivity index (χ3n) is 4.89. The number of sulfonamides is 1. The van der Waals surface area contributed by atoms with E-state index in [1.54, 1.807) is 4.90 Å². The second-order valence-electron chi connectivity index (χ2n) is 6.61. The third-order valence-corrected chi connectivity index (χ3v) is 7.05. The number of halogens is 2. The minimum Gasteiger partial charge on any atom is -0.495 e. The summed E-state index contributed by atoms with van der Waals surface area (Å²) >= 11 is 6.03. The van der Waals surface area contributed by atoms with Crippen molar-refractivity contribution in [2.75, 3.05) is 26.7 Å². The number of alkyl halides is 1. The zero-order chi connectivity index (χ0) is 18.9. The van der Waals surface area contributed by atoms with Gasteiger partial charge < -0.3 is 9.64 Å². The highest BCUT2D eigenvalue weighted by Crippen LogP contribution is 2.33. The third kappa shape index (κ3) is 3.68. The lowest BCUT2D eigenvalue weighted by atomic mass is 10.1. The van der Waals surface area contributed by atoms with Crippen LogP contribution in [-0.2, 0) is 14.8 Å². The van der Waals surface area contributed by atoms with E-state index in [-0.39, 0.29) is 28.8 Å². The number of rotatable bonds is 4. The first-order valence-corrected chi connectivity index (χ1v) is 10.4. The topological polar surface area (TPSA) is 66.9 Å². The predicted molar refractivity (Wildman–Crippen MR) is 95.6 cm³/mol. The molecule has 9 heteroatoms. The van der Waals surface area contributed by atoms with Crippen molar-refractivity contribution >= 4 is 27.5 Å². The molecule has 2 atom stereocenters. The summed E-state index contributed by atoms with van der Waals surface area (Å²) in [6, 6.07) is 3.06. The van der Waals surface area contributed by atoms with Gasteiger partial charge in [-0.15, -0.1) is 0 Å². The van der Waals surface area contributed by atoms with Gasteiger partial charge in [-0.25, -0.2) is 12.8 Å². The van der Waals surface area contributed by atoms with E-state index in [1.165, 1.54) is 25.3 Å². The van der Waals surface area contributed by atoms with Crippen LogP contribution in [0.15, 0.2) is 23.1 Å². The number of nitrogens with zero attached hydrogens (tertiary/aromatic N) is 2. The van der Waals surface area contributed by atoms with Gasteiger partial charge in [0.2, 0.25) is 15.9 Å². The molecule has 1 aromatic carbocycles. The first kappa shape index (κ1) is 19.4. The fraction of sp³-hybridized carbons (Fsp3) is 0.588. The minimum absolute atomic E-state index is 0.0751. The number of amides is 1. The number of methoxy groups -OCH3 is 1. The molecule has 2 aliphatic rings. The fourth-order valence-electron chi connectivity index (χ4n) is 3.51. The van der Waals surface area contributed by atoms with Gasteiger partial charge in [0.05, 0.1) is 17.0 Å². The monoisotopic (exact) mass is 404 g/mol. The Morgan fingerprint density at radius 3 is 2.58 bits per heavy atom.